The van der Waals surface area contributed by atoms with Crippen LogP contribution in [0.3, 0.4) is 0 Å². The van der Waals surface area contributed by atoms with Gasteiger partial charge in [-0.15, -0.1) is 0 Å². The maximum absolute atomic E-state index is 12.1. The van der Waals surface area contributed by atoms with Crippen LogP contribution < -0.4 is 0 Å². The molecule has 4 heteroatoms. The Morgan fingerprint density at radius 3 is 1.53 bits per heavy atom. The Morgan fingerprint density at radius 2 is 1.00 bits per heavy atom. The average Bonchev–Trinajstić information content (AvgIpc) is 3.05. The van der Waals surface area contributed by atoms with Gasteiger partial charge >= 0.3 is 5.97 Å². The highest BCUT2D eigenvalue weighted by molar-refractivity contribution is 5.69. The van der Waals surface area contributed by atoms with E-state index in [4.69, 9.17) is 9.47 Å². The molecule has 0 fully saturated rings. The molecule has 45 heavy (non-hydrogen) atoms. The third-order valence-electron chi connectivity index (χ3n) is 7.20. The van der Waals surface area contributed by atoms with Crippen molar-refractivity contribution < 1.29 is 19.4 Å². The van der Waals surface area contributed by atoms with E-state index in [2.05, 4.69) is 98.9 Å². The number of esters is 1. The lowest BCUT2D eigenvalue weighted by Gasteiger charge is -2.15. The molecule has 1 N–H and O–H groups in total. The van der Waals surface area contributed by atoms with Gasteiger partial charge in [-0.3, -0.25) is 4.79 Å². The van der Waals surface area contributed by atoms with Crippen molar-refractivity contribution in [3.8, 4) is 0 Å². The lowest BCUT2D eigenvalue weighted by molar-refractivity contribution is -0.154. The highest BCUT2D eigenvalue weighted by Gasteiger charge is 2.13. The Morgan fingerprint density at radius 1 is 0.556 bits per heavy atom. The smallest absolute Gasteiger partial charge is 0.306 e. The van der Waals surface area contributed by atoms with Gasteiger partial charge in [0, 0.05) is 13.0 Å². The molecule has 256 valence electrons. The van der Waals surface area contributed by atoms with E-state index in [0.717, 1.165) is 89.9 Å². The number of aliphatic hydroxyl groups is 1. The summed E-state index contributed by atoms with van der Waals surface area (Å²) in [6.45, 7) is 5.08. The van der Waals surface area contributed by atoms with Crippen LogP contribution in [0.15, 0.2) is 85.1 Å². The Labute approximate surface area is 278 Å². The number of allylic oxidation sites excluding steroid dienone is 14. The van der Waals surface area contributed by atoms with E-state index in [9.17, 15) is 9.90 Å². The number of rotatable bonds is 32. The van der Waals surface area contributed by atoms with Crippen LogP contribution in [0.4, 0.5) is 0 Å². The van der Waals surface area contributed by atoms with E-state index in [0.29, 0.717) is 13.0 Å². The molecular weight excluding hydrogens is 556 g/mol. The minimum Gasteiger partial charge on any atom is -0.457 e. The molecule has 0 spiro atoms. The average molecular weight is 625 g/mol. The normalized spacial score (nSPS) is 13.4. The summed E-state index contributed by atoms with van der Waals surface area (Å²) in [5, 5.41) is 9.53. The zero-order valence-corrected chi connectivity index (χ0v) is 29.1. The molecule has 0 rings (SSSR count). The SMILES string of the molecule is CC/C=C\C/C=C\C/C=C\C/C=C\C/C=C\C/C=C\CCCCCOCC(CO)OC(=O)CCCCCCC/C=C\CCCC. The van der Waals surface area contributed by atoms with Gasteiger partial charge in [0.15, 0.2) is 0 Å². The third-order valence-corrected chi connectivity index (χ3v) is 7.20. The van der Waals surface area contributed by atoms with Crippen LogP contribution in [-0.4, -0.2) is 37.0 Å². The number of carbonyl (C=O) groups is 1. The first kappa shape index (κ1) is 42.6. The highest BCUT2D eigenvalue weighted by Crippen LogP contribution is 2.10. The number of ether oxygens (including phenoxy) is 2. The van der Waals surface area contributed by atoms with Crippen molar-refractivity contribution in [3.05, 3.63) is 85.1 Å². The van der Waals surface area contributed by atoms with Crippen molar-refractivity contribution in [3.63, 3.8) is 0 Å². The summed E-state index contributed by atoms with van der Waals surface area (Å²) in [7, 11) is 0. The van der Waals surface area contributed by atoms with Gasteiger partial charge in [-0.25, -0.2) is 0 Å². The lowest BCUT2D eigenvalue weighted by Crippen LogP contribution is -2.27. The van der Waals surface area contributed by atoms with Crippen molar-refractivity contribution in [1.82, 2.24) is 0 Å². The molecule has 0 bridgehead atoms. The van der Waals surface area contributed by atoms with E-state index < -0.39 is 6.10 Å². The van der Waals surface area contributed by atoms with Crippen LogP contribution in [-0.2, 0) is 14.3 Å². The van der Waals surface area contributed by atoms with E-state index in [1.165, 1.54) is 32.1 Å². The van der Waals surface area contributed by atoms with Gasteiger partial charge < -0.3 is 14.6 Å². The number of carbonyl (C=O) groups excluding carboxylic acids is 1. The molecule has 0 aromatic rings. The standard InChI is InChI=1S/C41H68O4/c1-3-5-7-9-11-13-15-16-17-18-19-20-21-22-23-24-25-27-29-31-33-35-37-44-39-40(38-42)45-41(43)36-34-32-30-28-26-14-12-10-8-6-4-2/h5,7,10-13,16-17,19-20,22-23,25,27,40,42H,3-4,6,8-9,14-15,18,21,24,26,28-39H2,1-2H3/b7-5-,12-10-,13-11-,17-16-,20-19-,23-22-,27-25-. The number of hydrogen-bond acceptors (Lipinski definition) is 4. The van der Waals surface area contributed by atoms with Gasteiger partial charge in [-0.1, -0.05) is 137 Å². The number of aliphatic hydroxyl groups excluding tert-OH is 1. The van der Waals surface area contributed by atoms with Crippen molar-refractivity contribution in [2.24, 2.45) is 0 Å². The highest BCUT2D eigenvalue weighted by atomic mass is 16.6. The zero-order chi connectivity index (χ0) is 32.7. The van der Waals surface area contributed by atoms with Crippen molar-refractivity contribution in [2.75, 3.05) is 19.8 Å². The Balaban J connectivity index is 3.59. The van der Waals surface area contributed by atoms with Gasteiger partial charge in [0.25, 0.3) is 0 Å². The first-order chi connectivity index (χ1) is 22.2. The Bertz CT molecular complexity index is 830. The van der Waals surface area contributed by atoms with Gasteiger partial charge in [0.1, 0.15) is 6.10 Å². The fourth-order valence-electron chi connectivity index (χ4n) is 4.49. The van der Waals surface area contributed by atoms with E-state index in [-0.39, 0.29) is 19.2 Å². The second-order valence-electron chi connectivity index (χ2n) is 11.6. The predicted octanol–water partition coefficient (Wildman–Crippen LogP) is 11.6. The van der Waals surface area contributed by atoms with Crippen LogP contribution >= 0.6 is 0 Å². The molecule has 0 amide bonds. The van der Waals surface area contributed by atoms with Crippen LogP contribution in [0.2, 0.25) is 0 Å². The molecule has 0 heterocycles. The maximum atomic E-state index is 12.1. The molecule has 0 aliphatic rings. The third kappa shape index (κ3) is 35.9. The van der Waals surface area contributed by atoms with Crippen LogP contribution in [0.1, 0.15) is 142 Å². The summed E-state index contributed by atoms with van der Waals surface area (Å²) in [4.78, 5) is 12.1. The predicted molar refractivity (Wildman–Crippen MR) is 195 cm³/mol. The van der Waals surface area contributed by atoms with E-state index >= 15 is 0 Å². The number of unbranched alkanes of at least 4 members (excludes halogenated alkanes) is 10. The van der Waals surface area contributed by atoms with Crippen LogP contribution in [0.5, 0.6) is 0 Å². The zero-order valence-electron chi connectivity index (χ0n) is 29.1. The molecule has 0 aliphatic carbocycles. The maximum Gasteiger partial charge on any atom is 0.306 e. The molecule has 4 nitrogen and oxygen atoms in total. The second-order valence-corrected chi connectivity index (χ2v) is 11.6. The molecule has 1 unspecified atom stereocenters. The molecule has 0 saturated heterocycles. The summed E-state index contributed by atoms with van der Waals surface area (Å²) >= 11 is 0. The van der Waals surface area contributed by atoms with Crippen molar-refractivity contribution >= 4 is 5.97 Å². The van der Waals surface area contributed by atoms with Crippen LogP contribution in [0, 0.1) is 0 Å². The molecule has 0 radical (unpaired) electrons. The minimum absolute atomic E-state index is 0.194. The monoisotopic (exact) mass is 625 g/mol. The summed E-state index contributed by atoms with van der Waals surface area (Å²) in [5.74, 6) is -0.229. The van der Waals surface area contributed by atoms with Crippen LogP contribution in [0.25, 0.3) is 0 Å². The largest absolute Gasteiger partial charge is 0.457 e. The van der Waals surface area contributed by atoms with E-state index in [1.807, 2.05) is 0 Å². The molecule has 0 aliphatic heterocycles. The van der Waals surface area contributed by atoms with Gasteiger partial charge in [0.05, 0.1) is 13.2 Å². The minimum atomic E-state index is -0.559. The van der Waals surface area contributed by atoms with Crippen molar-refractivity contribution in [1.29, 1.82) is 0 Å². The Hall–Kier alpha value is -2.43. The topological polar surface area (TPSA) is 55.8 Å². The lowest BCUT2D eigenvalue weighted by atomic mass is 10.1. The quantitative estimate of drug-likeness (QED) is 0.0459. The summed E-state index contributed by atoms with van der Waals surface area (Å²) in [5.41, 5.74) is 0. The Kier molecular flexibility index (Phi) is 35.7. The molecular formula is C41H68O4. The number of hydrogen-bond donors (Lipinski definition) is 1. The fraction of sp³-hybridized carbons (Fsp3) is 0.634. The van der Waals surface area contributed by atoms with Gasteiger partial charge in [-0.05, 0) is 83.5 Å². The first-order valence-electron chi connectivity index (χ1n) is 18.2. The van der Waals surface area contributed by atoms with Gasteiger partial charge in [-0.2, -0.15) is 0 Å². The summed E-state index contributed by atoms with van der Waals surface area (Å²) in [6, 6.07) is 0. The molecule has 1 atom stereocenters. The molecule has 0 aromatic heterocycles. The first-order valence-corrected chi connectivity index (χ1v) is 18.2. The summed E-state index contributed by atoms with van der Waals surface area (Å²) < 4.78 is 11.1. The van der Waals surface area contributed by atoms with E-state index in [1.54, 1.807) is 0 Å². The molecule has 0 aromatic carbocycles. The second kappa shape index (κ2) is 37.8. The fourth-order valence-corrected chi connectivity index (χ4v) is 4.49. The van der Waals surface area contributed by atoms with Crippen molar-refractivity contribution in [2.45, 2.75) is 148 Å². The van der Waals surface area contributed by atoms with Gasteiger partial charge in [0.2, 0.25) is 0 Å². The molecule has 0 saturated carbocycles. The summed E-state index contributed by atoms with van der Waals surface area (Å²) in [6.07, 6.45) is 52.0.